The Balaban J connectivity index is 1.70. The largest absolute Gasteiger partial charge is 0.481 e. The maximum absolute atomic E-state index is 12.5. The molecule has 3 rings (SSSR count). The first-order valence-electron chi connectivity index (χ1n) is 8.00. The molecule has 0 fully saturated rings. The highest BCUT2D eigenvalue weighted by molar-refractivity contribution is 6.30. The van der Waals surface area contributed by atoms with Gasteiger partial charge in [0.1, 0.15) is 5.75 Å². The molecule has 2 aromatic carbocycles. The van der Waals surface area contributed by atoms with E-state index in [1.807, 2.05) is 25.1 Å². The molecule has 0 aliphatic carbocycles. The highest BCUT2D eigenvalue weighted by atomic mass is 35.5. The Kier molecular flexibility index (Phi) is 5.18. The van der Waals surface area contributed by atoms with E-state index in [9.17, 15) is 4.79 Å². The Morgan fingerprint density at radius 1 is 1.27 bits per heavy atom. The van der Waals surface area contributed by atoms with Crippen molar-refractivity contribution >= 4 is 23.2 Å². The Hall–Kier alpha value is -2.93. The van der Waals surface area contributed by atoms with Crippen LogP contribution in [0.15, 0.2) is 42.5 Å². The van der Waals surface area contributed by atoms with Gasteiger partial charge in [0.05, 0.1) is 0 Å². The normalized spacial score (nSPS) is 11.8. The minimum absolute atomic E-state index is 0.257. The molecule has 0 aliphatic heterocycles. The molecule has 8 heteroatoms. The number of nitrogens with one attached hydrogen (secondary N) is 1. The lowest BCUT2D eigenvalue weighted by Crippen LogP contribution is -2.30. The Labute approximate surface area is 155 Å². The molecule has 134 valence electrons. The van der Waals surface area contributed by atoms with Crippen molar-refractivity contribution in [2.75, 3.05) is 5.32 Å². The van der Waals surface area contributed by atoms with Gasteiger partial charge in [0.15, 0.2) is 11.9 Å². The number of amides is 1. The molecule has 0 radical (unpaired) electrons. The van der Waals surface area contributed by atoms with Crippen LogP contribution in [0.4, 0.5) is 5.69 Å². The van der Waals surface area contributed by atoms with Crippen LogP contribution in [0, 0.1) is 6.92 Å². The van der Waals surface area contributed by atoms with Crippen LogP contribution < -0.4 is 10.1 Å². The summed E-state index contributed by atoms with van der Waals surface area (Å²) in [6, 6.07) is 12.6. The number of anilines is 1. The maximum Gasteiger partial charge on any atom is 0.265 e. The number of tetrazole rings is 1. The average molecular weight is 372 g/mol. The number of hydrogen-bond donors (Lipinski definition) is 1. The number of aryl methyl sites for hydroxylation is 2. The van der Waals surface area contributed by atoms with Crippen molar-refractivity contribution in [3.05, 3.63) is 53.1 Å². The molecule has 0 bridgehead atoms. The van der Waals surface area contributed by atoms with Crippen LogP contribution in [-0.2, 0) is 11.8 Å². The van der Waals surface area contributed by atoms with Crippen LogP contribution in [0.2, 0.25) is 5.02 Å². The summed E-state index contributed by atoms with van der Waals surface area (Å²) in [5, 5.41) is 14.9. The predicted octanol–water partition coefficient (Wildman–Crippen LogP) is 3.24. The number of carbonyl (C=O) groups excluding carboxylic acids is 1. The van der Waals surface area contributed by atoms with Crippen molar-refractivity contribution < 1.29 is 9.53 Å². The fraction of sp³-hybridized carbons (Fsp3) is 0.222. The molecule has 1 heterocycles. The first-order valence-corrected chi connectivity index (χ1v) is 8.38. The number of halogens is 1. The van der Waals surface area contributed by atoms with E-state index in [1.54, 1.807) is 42.9 Å². The van der Waals surface area contributed by atoms with Crippen LogP contribution in [0.1, 0.15) is 12.5 Å². The van der Waals surface area contributed by atoms with Gasteiger partial charge in [-0.3, -0.25) is 4.79 Å². The summed E-state index contributed by atoms with van der Waals surface area (Å²) in [5.41, 5.74) is 2.31. The fourth-order valence-corrected chi connectivity index (χ4v) is 2.67. The van der Waals surface area contributed by atoms with Gasteiger partial charge in [-0.15, -0.1) is 5.10 Å². The summed E-state index contributed by atoms with van der Waals surface area (Å²) in [5.74, 6) is 0.978. The van der Waals surface area contributed by atoms with E-state index in [0.717, 1.165) is 11.1 Å². The molecule has 1 aromatic heterocycles. The molecular weight excluding hydrogens is 354 g/mol. The monoisotopic (exact) mass is 371 g/mol. The summed E-state index contributed by atoms with van der Waals surface area (Å²) < 4.78 is 7.31. The first-order chi connectivity index (χ1) is 12.4. The average Bonchev–Trinajstić information content (AvgIpc) is 3.03. The van der Waals surface area contributed by atoms with E-state index in [4.69, 9.17) is 16.3 Å². The Morgan fingerprint density at radius 3 is 2.77 bits per heavy atom. The van der Waals surface area contributed by atoms with Gasteiger partial charge in [0.25, 0.3) is 5.91 Å². The van der Waals surface area contributed by atoms with Crippen LogP contribution in [0.5, 0.6) is 5.75 Å². The lowest BCUT2D eigenvalue weighted by molar-refractivity contribution is -0.122. The zero-order valence-electron chi connectivity index (χ0n) is 14.6. The van der Waals surface area contributed by atoms with E-state index in [1.165, 1.54) is 0 Å². The zero-order chi connectivity index (χ0) is 18.7. The number of hydrogen-bond acceptors (Lipinski definition) is 5. The molecule has 0 spiro atoms. The van der Waals surface area contributed by atoms with Gasteiger partial charge in [-0.2, -0.15) is 0 Å². The van der Waals surface area contributed by atoms with E-state index >= 15 is 0 Å². The quantitative estimate of drug-likeness (QED) is 0.744. The van der Waals surface area contributed by atoms with Crippen molar-refractivity contribution in [3.8, 4) is 17.1 Å². The summed E-state index contributed by atoms with van der Waals surface area (Å²) in [7, 11) is 1.75. The number of aromatic nitrogens is 4. The fourth-order valence-electron chi connectivity index (χ4n) is 2.44. The van der Waals surface area contributed by atoms with Crippen molar-refractivity contribution in [1.29, 1.82) is 0 Å². The number of ether oxygens (including phenoxy) is 1. The molecule has 3 aromatic rings. The van der Waals surface area contributed by atoms with E-state index < -0.39 is 6.10 Å². The topological polar surface area (TPSA) is 81.9 Å². The molecule has 1 amide bonds. The van der Waals surface area contributed by atoms with Crippen molar-refractivity contribution in [1.82, 2.24) is 20.2 Å². The third kappa shape index (κ3) is 4.00. The zero-order valence-corrected chi connectivity index (χ0v) is 15.4. The third-order valence-corrected chi connectivity index (χ3v) is 4.05. The molecule has 0 aliphatic rings. The second-order valence-corrected chi connectivity index (χ2v) is 6.30. The van der Waals surface area contributed by atoms with Crippen molar-refractivity contribution in [2.24, 2.45) is 7.05 Å². The Morgan fingerprint density at radius 2 is 2.08 bits per heavy atom. The number of benzene rings is 2. The van der Waals surface area contributed by atoms with Gasteiger partial charge < -0.3 is 10.1 Å². The number of carbonyl (C=O) groups is 1. The number of nitrogens with zero attached hydrogens (tertiary/aromatic N) is 4. The summed E-state index contributed by atoms with van der Waals surface area (Å²) in [4.78, 5) is 12.5. The van der Waals surface area contributed by atoms with Crippen molar-refractivity contribution in [3.63, 3.8) is 0 Å². The van der Waals surface area contributed by atoms with Gasteiger partial charge in [0.2, 0.25) is 0 Å². The molecule has 7 nitrogen and oxygen atoms in total. The summed E-state index contributed by atoms with van der Waals surface area (Å²) in [6.45, 7) is 3.57. The van der Waals surface area contributed by atoms with Gasteiger partial charge in [-0.25, -0.2) is 4.68 Å². The maximum atomic E-state index is 12.5. The van der Waals surface area contributed by atoms with Crippen LogP contribution >= 0.6 is 11.6 Å². The summed E-state index contributed by atoms with van der Waals surface area (Å²) >= 11 is 5.94. The van der Waals surface area contributed by atoms with E-state index in [0.29, 0.717) is 22.3 Å². The van der Waals surface area contributed by atoms with Gasteiger partial charge in [-0.1, -0.05) is 23.7 Å². The molecule has 1 atom stereocenters. The smallest absolute Gasteiger partial charge is 0.265 e. The summed E-state index contributed by atoms with van der Waals surface area (Å²) in [6.07, 6.45) is -0.671. The second-order valence-electron chi connectivity index (χ2n) is 5.87. The SMILES string of the molecule is Cc1cc(Cl)ccc1OC(C)C(=O)Nc1cccc(-c2nnnn2C)c1. The first kappa shape index (κ1) is 17.9. The van der Waals surface area contributed by atoms with Gasteiger partial charge >= 0.3 is 0 Å². The molecular formula is C18H18ClN5O2. The van der Waals surface area contributed by atoms with E-state index in [-0.39, 0.29) is 5.91 Å². The number of rotatable bonds is 5. The molecule has 0 saturated carbocycles. The standard InChI is InChI=1S/C18H18ClN5O2/c1-11-9-14(19)7-8-16(11)26-12(2)18(25)20-15-6-4-5-13(10-15)17-21-22-23-24(17)3/h4-10,12H,1-3H3,(H,20,25). The lowest BCUT2D eigenvalue weighted by atomic mass is 10.2. The predicted molar refractivity (Wildman–Crippen MR) is 99.1 cm³/mol. The minimum Gasteiger partial charge on any atom is -0.481 e. The molecule has 1 unspecified atom stereocenters. The molecule has 0 saturated heterocycles. The third-order valence-electron chi connectivity index (χ3n) is 3.82. The van der Waals surface area contributed by atoms with Gasteiger partial charge in [-0.05, 0) is 60.2 Å². The second kappa shape index (κ2) is 7.53. The Bertz CT molecular complexity index is 941. The highest BCUT2D eigenvalue weighted by Crippen LogP contribution is 2.24. The minimum atomic E-state index is -0.671. The van der Waals surface area contributed by atoms with E-state index in [2.05, 4.69) is 20.8 Å². The van der Waals surface area contributed by atoms with Crippen LogP contribution in [0.3, 0.4) is 0 Å². The van der Waals surface area contributed by atoms with Crippen LogP contribution in [0.25, 0.3) is 11.4 Å². The van der Waals surface area contributed by atoms with Gasteiger partial charge in [0, 0.05) is 23.3 Å². The molecule has 1 N–H and O–H groups in total. The van der Waals surface area contributed by atoms with Crippen molar-refractivity contribution in [2.45, 2.75) is 20.0 Å². The molecule has 26 heavy (non-hydrogen) atoms. The highest BCUT2D eigenvalue weighted by Gasteiger charge is 2.16. The van der Waals surface area contributed by atoms with Crippen LogP contribution in [-0.4, -0.2) is 32.2 Å². The lowest BCUT2D eigenvalue weighted by Gasteiger charge is -2.16.